The number of halogens is 2. The van der Waals surface area contributed by atoms with Crippen LogP contribution in [0.2, 0.25) is 10.0 Å². The Bertz CT molecular complexity index is 527. The number of carbonyl (C=O) groups excluding carboxylic acids is 1. The summed E-state index contributed by atoms with van der Waals surface area (Å²) in [5.41, 5.74) is 6.88. The Balaban J connectivity index is 1.67. The number of rotatable bonds is 2. The molecule has 2 unspecified atom stereocenters. The highest BCUT2D eigenvalue weighted by molar-refractivity contribution is 6.42. The molecule has 108 valence electrons. The quantitative estimate of drug-likeness (QED) is 0.912. The Morgan fingerprint density at radius 3 is 2.65 bits per heavy atom. The minimum absolute atomic E-state index is 0.0697. The van der Waals surface area contributed by atoms with Gasteiger partial charge >= 0.3 is 0 Å². The SMILES string of the molecule is NC1CCN(C(=O)C2CC2c2cccc(Cl)c2Cl)CC1. The van der Waals surface area contributed by atoms with Gasteiger partial charge in [0.2, 0.25) is 5.91 Å². The fourth-order valence-corrected chi connectivity index (χ4v) is 3.42. The summed E-state index contributed by atoms with van der Waals surface area (Å²) in [4.78, 5) is 14.4. The van der Waals surface area contributed by atoms with Crippen LogP contribution in [0.5, 0.6) is 0 Å². The lowest BCUT2D eigenvalue weighted by molar-refractivity contribution is -0.133. The molecular weight excluding hydrogens is 295 g/mol. The molecular formula is C15H18Cl2N2O. The molecule has 1 saturated carbocycles. The zero-order valence-electron chi connectivity index (χ0n) is 11.2. The maximum Gasteiger partial charge on any atom is 0.226 e. The van der Waals surface area contributed by atoms with Gasteiger partial charge in [0.25, 0.3) is 0 Å². The minimum atomic E-state index is 0.0697. The fourth-order valence-electron chi connectivity index (χ4n) is 2.97. The molecule has 1 saturated heterocycles. The number of likely N-dealkylation sites (tertiary alicyclic amines) is 1. The Kier molecular flexibility index (Phi) is 3.93. The van der Waals surface area contributed by atoms with Crippen molar-refractivity contribution in [3.05, 3.63) is 33.8 Å². The van der Waals surface area contributed by atoms with Crippen LogP contribution >= 0.6 is 23.2 Å². The highest BCUT2D eigenvalue weighted by Gasteiger charge is 2.47. The van der Waals surface area contributed by atoms with Gasteiger partial charge in [-0.3, -0.25) is 4.79 Å². The van der Waals surface area contributed by atoms with Crippen LogP contribution in [0.4, 0.5) is 0 Å². The van der Waals surface area contributed by atoms with Gasteiger partial charge in [-0.2, -0.15) is 0 Å². The summed E-state index contributed by atoms with van der Waals surface area (Å²) in [6, 6.07) is 5.89. The fraction of sp³-hybridized carbons (Fsp3) is 0.533. The van der Waals surface area contributed by atoms with Crippen molar-refractivity contribution in [1.29, 1.82) is 0 Å². The van der Waals surface area contributed by atoms with E-state index in [1.165, 1.54) is 0 Å². The first-order valence-electron chi connectivity index (χ1n) is 7.06. The number of benzene rings is 1. The zero-order chi connectivity index (χ0) is 14.3. The van der Waals surface area contributed by atoms with Gasteiger partial charge in [0.05, 0.1) is 10.0 Å². The molecule has 1 aromatic rings. The van der Waals surface area contributed by atoms with Crippen LogP contribution in [-0.2, 0) is 4.79 Å². The van der Waals surface area contributed by atoms with Crippen LogP contribution in [0, 0.1) is 5.92 Å². The maximum atomic E-state index is 12.5. The number of piperidine rings is 1. The van der Waals surface area contributed by atoms with Crippen LogP contribution < -0.4 is 5.73 Å². The predicted molar refractivity (Wildman–Crippen MR) is 81.1 cm³/mol. The van der Waals surface area contributed by atoms with E-state index in [1.807, 2.05) is 17.0 Å². The lowest BCUT2D eigenvalue weighted by Gasteiger charge is -2.30. The first-order chi connectivity index (χ1) is 9.58. The summed E-state index contributed by atoms with van der Waals surface area (Å²) >= 11 is 12.3. The number of nitrogens with zero attached hydrogens (tertiary/aromatic N) is 1. The molecule has 1 aromatic carbocycles. The summed E-state index contributed by atoms with van der Waals surface area (Å²) in [5.74, 6) is 0.544. The molecule has 2 fully saturated rings. The Hall–Kier alpha value is -0.770. The van der Waals surface area contributed by atoms with Gasteiger partial charge in [-0.1, -0.05) is 35.3 Å². The molecule has 5 heteroatoms. The number of amides is 1. The monoisotopic (exact) mass is 312 g/mol. The highest BCUT2D eigenvalue weighted by atomic mass is 35.5. The average molecular weight is 313 g/mol. The highest BCUT2D eigenvalue weighted by Crippen LogP contribution is 2.51. The van der Waals surface area contributed by atoms with Crippen molar-refractivity contribution in [3.8, 4) is 0 Å². The van der Waals surface area contributed by atoms with Crippen LogP contribution in [0.3, 0.4) is 0 Å². The maximum absolute atomic E-state index is 12.5. The van der Waals surface area contributed by atoms with E-state index in [2.05, 4.69) is 0 Å². The topological polar surface area (TPSA) is 46.3 Å². The second-order valence-corrected chi connectivity index (χ2v) is 6.54. The van der Waals surface area contributed by atoms with Gasteiger partial charge in [0.15, 0.2) is 0 Å². The van der Waals surface area contributed by atoms with Crippen LogP contribution in [0.1, 0.15) is 30.7 Å². The summed E-state index contributed by atoms with van der Waals surface area (Å²) in [5, 5.41) is 1.15. The summed E-state index contributed by atoms with van der Waals surface area (Å²) in [7, 11) is 0. The third-order valence-corrected chi connectivity index (χ3v) is 5.17. The van der Waals surface area contributed by atoms with Gasteiger partial charge in [0, 0.05) is 25.0 Å². The third kappa shape index (κ3) is 2.67. The van der Waals surface area contributed by atoms with E-state index in [0.29, 0.717) is 10.0 Å². The second-order valence-electron chi connectivity index (χ2n) is 5.75. The smallest absolute Gasteiger partial charge is 0.226 e. The van der Waals surface area contributed by atoms with E-state index in [1.54, 1.807) is 6.07 Å². The van der Waals surface area contributed by atoms with Crippen molar-refractivity contribution in [1.82, 2.24) is 4.90 Å². The molecule has 0 radical (unpaired) electrons. The van der Waals surface area contributed by atoms with Gasteiger partial charge in [-0.25, -0.2) is 0 Å². The van der Waals surface area contributed by atoms with E-state index in [9.17, 15) is 4.79 Å². The van der Waals surface area contributed by atoms with E-state index >= 15 is 0 Å². The van der Waals surface area contributed by atoms with Crippen molar-refractivity contribution < 1.29 is 4.79 Å². The summed E-state index contributed by atoms with van der Waals surface area (Å²) in [6.45, 7) is 1.57. The molecule has 1 heterocycles. The van der Waals surface area contributed by atoms with Gasteiger partial charge in [-0.05, 0) is 36.8 Å². The van der Waals surface area contributed by atoms with E-state index in [4.69, 9.17) is 28.9 Å². The zero-order valence-corrected chi connectivity index (χ0v) is 12.7. The van der Waals surface area contributed by atoms with E-state index in [-0.39, 0.29) is 23.8 Å². The Morgan fingerprint density at radius 1 is 1.25 bits per heavy atom. The number of carbonyl (C=O) groups is 1. The van der Waals surface area contributed by atoms with Crippen LogP contribution in [0.25, 0.3) is 0 Å². The van der Waals surface area contributed by atoms with Crippen molar-refractivity contribution in [2.24, 2.45) is 11.7 Å². The molecule has 1 amide bonds. The largest absolute Gasteiger partial charge is 0.342 e. The van der Waals surface area contributed by atoms with Gasteiger partial charge in [-0.15, -0.1) is 0 Å². The average Bonchev–Trinajstić information content (AvgIpc) is 3.22. The first-order valence-corrected chi connectivity index (χ1v) is 7.82. The van der Waals surface area contributed by atoms with Crippen molar-refractivity contribution >= 4 is 29.1 Å². The molecule has 0 bridgehead atoms. The van der Waals surface area contributed by atoms with Gasteiger partial charge < -0.3 is 10.6 Å². The summed E-state index contributed by atoms with van der Waals surface area (Å²) in [6.07, 6.45) is 2.68. The standard InChI is InChI=1S/C15H18Cl2N2O/c16-13-3-1-2-10(14(13)17)11-8-12(11)15(20)19-6-4-9(18)5-7-19/h1-3,9,11-12H,4-8,18H2. The molecule has 3 rings (SSSR count). The summed E-state index contributed by atoms with van der Waals surface area (Å²) < 4.78 is 0. The lowest BCUT2D eigenvalue weighted by Crippen LogP contribution is -2.43. The molecule has 0 aromatic heterocycles. The molecule has 2 N–H and O–H groups in total. The van der Waals surface area contributed by atoms with E-state index < -0.39 is 0 Å². The number of hydrogen-bond acceptors (Lipinski definition) is 2. The normalized spacial score (nSPS) is 26.6. The molecule has 2 atom stereocenters. The molecule has 1 aliphatic heterocycles. The van der Waals surface area contributed by atoms with Crippen molar-refractivity contribution in [3.63, 3.8) is 0 Å². The third-order valence-electron chi connectivity index (χ3n) is 4.34. The Morgan fingerprint density at radius 2 is 1.95 bits per heavy atom. The van der Waals surface area contributed by atoms with Crippen molar-refractivity contribution in [2.45, 2.75) is 31.2 Å². The Labute approximate surface area is 129 Å². The molecule has 0 spiro atoms. The minimum Gasteiger partial charge on any atom is -0.342 e. The van der Waals surface area contributed by atoms with Crippen LogP contribution in [0.15, 0.2) is 18.2 Å². The second kappa shape index (κ2) is 5.55. The molecule has 20 heavy (non-hydrogen) atoms. The van der Waals surface area contributed by atoms with Gasteiger partial charge in [0.1, 0.15) is 0 Å². The predicted octanol–water partition coefficient (Wildman–Crippen LogP) is 3.05. The van der Waals surface area contributed by atoms with Crippen molar-refractivity contribution in [2.75, 3.05) is 13.1 Å². The number of hydrogen-bond donors (Lipinski definition) is 1. The first kappa shape index (κ1) is 14.2. The lowest BCUT2D eigenvalue weighted by atomic mass is 10.0. The molecule has 1 aliphatic carbocycles. The van der Waals surface area contributed by atoms with Crippen LogP contribution in [-0.4, -0.2) is 29.9 Å². The van der Waals surface area contributed by atoms with E-state index in [0.717, 1.165) is 37.9 Å². The molecule has 3 nitrogen and oxygen atoms in total. The number of nitrogens with two attached hydrogens (primary N) is 1. The molecule has 2 aliphatic rings.